The number of carbonyl (C=O) groups excluding carboxylic acids is 3. The number of hydrazine groups is 1. The van der Waals surface area contributed by atoms with Crippen LogP contribution in [0.1, 0.15) is 15.9 Å². The number of nitrogens with one attached hydrogen (secondary N) is 2. The number of carbonyl (C=O) groups is 3. The van der Waals surface area contributed by atoms with Gasteiger partial charge in [-0.25, -0.2) is 0 Å². The Labute approximate surface area is 168 Å². The maximum atomic E-state index is 12.4. The maximum absolute atomic E-state index is 12.4. The van der Waals surface area contributed by atoms with Crippen molar-refractivity contribution in [2.75, 3.05) is 26.5 Å². The molecule has 0 aromatic heterocycles. The summed E-state index contributed by atoms with van der Waals surface area (Å²) in [6.07, 6.45) is 0. The van der Waals surface area contributed by atoms with Crippen molar-refractivity contribution in [1.29, 1.82) is 0 Å². The van der Waals surface area contributed by atoms with Crippen molar-refractivity contribution in [2.45, 2.75) is 11.8 Å². The lowest BCUT2D eigenvalue weighted by molar-refractivity contribution is -0.126. The summed E-state index contributed by atoms with van der Waals surface area (Å²) in [7, 11) is 3.35. The molecular formula is C20H23N3O4S. The number of hydrogen-bond donors (Lipinski definition) is 2. The van der Waals surface area contributed by atoms with Crippen molar-refractivity contribution in [3.8, 4) is 5.75 Å². The second kappa shape index (κ2) is 10.4. The average molecular weight is 401 g/mol. The number of hydrogen-bond acceptors (Lipinski definition) is 5. The van der Waals surface area contributed by atoms with Crippen molar-refractivity contribution >= 4 is 29.5 Å². The van der Waals surface area contributed by atoms with Gasteiger partial charge in [-0.1, -0.05) is 30.3 Å². The van der Waals surface area contributed by atoms with Crippen LogP contribution in [0.5, 0.6) is 5.75 Å². The number of ether oxygens (including phenoxy) is 1. The second-order valence-electron chi connectivity index (χ2n) is 6.13. The number of benzene rings is 2. The Morgan fingerprint density at radius 3 is 2.39 bits per heavy atom. The zero-order valence-electron chi connectivity index (χ0n) is 16.0. The third-order valence-corrected chi connectivity index (χ3v) is 4.81. The standard InChI is InChI=1S/C20H23N3O4S/c1-14-8-4-6-10-16(14)27-12-18(24)21-22-20(26)15-9-5-7-11-17(15)28-13-19(25)23(2)3/h4-11H,12-13H2,1-3H3,(H,21,24)(H,22,26). The summed E-state index contributed by atoms with van der Waals surface area (Å²) in [5, 5.41) is 0. The fourth-order valence-corrected chi connectivity index (χ4v) is 3.17. The highest BCUT2D eigenvalue weighted by Crippen LogP contribution is 2.22. The Morgan fingerprint density at radius 1 is 1.00 bits per heavy atom. The maximum Gasteiger partial charge on any atom is 0.276 e. The van der Waals surface area contributed by atoms with Crippen LogP contribution >= 0.6 is 11.8 Å². The van der Waals surface area contributed by atoms with Crippen LogP contribution in [0.2, 0.25) is 0 Å². The van der Waals surface area contributed by atoms with E-state index < -0.39 is 11.8 Å². The highest BCUT2D eigenvalue weighted by molar-refractivity contribution is 8.00. The number of para-hydroxylation sites is 1. The Morgan fingerprint density at radius 2 is 1.68 bits per heavy atom. The number of amides is 3. The molecule has 0 aliphatic heterocycles. The molecule has 0 saturated carbocycles. The van der Waals surface area contributed by atoms with Gasteiger partial charge in [0.2, 0.25) is 5.91 Å². The van der Waals surface area contributed by atoms with Crippen LogP contribution in [0, 0.1) is 6.92 Å². The van der Waals surface area contributed by atoms with Crippen LogP contribution in [0.4, 0.5) is 0 Å². The molecule has 0 unspecified atom stereocenters. The van der Waals surface area contributed by atoms with Gasteiger partial charge in [0.1, 0.15) is 5.75 Å². The molecule has 148 valence electrons. The van der Waals surface area contributed by atoms with E-state index in [1.807, 2.05) is 25.1 Å². The predicted octanol–water partition coefficient (Wildman–Crippen LogP) is 2.02. The van der Waals surface area contributed by atoms with E-state index in [0.717, 1.165) is 5.56 Å². The van der Waals surface area contributed by atoms with Crippen molar-refractivity contribution in [3.05, 3.63) is 59.7 Å². The van der Waals surface area contributed by atoms with Crippen LogP contribution in [-0.4, -0.2) is 49.1 Å². The highest BCUT2D eigenvalue weighted by atomic mass is 32.2. The van der Waals surface area contributed by atoms with Gasteiger partial charge in [-0.15, -0.1) is 11.8 Å². The summed E-state index contributed by atoms with van der Waals surface area (Å²) in [6, 6.07) is 14.2. The summed E-state index contributed by atoms with van der Waals surface area (Å²) < 4.78 is 5.44. The first-order valence-corrected chi connectivity index (χ1v) is 9.56. The van der Waals surface area contributed by atoms with E-state index >= 15 is 0 Å². The van der Waals surface area contributed by atoms with Crippen LogP contribution in [0.25, 0.3) is 0 Å². The fraction of sp³-hybridized carbons (Fsp3) is 0.250. The van der Waals surface area contributed by atoms with Gasteiger partial charge in [0, 0.05) is 19.0 Å². The van der Waals surface area contributed by atoms with Gasteiger partial charge in [-0.3, -0.25) is 25.2 Å². The summed E-state index contributed by atoms with van der Waals surface area (Å²) in [5.41, 5.74) is 5.99. The molecule has 0 aliphatic carbocycles. The Balaban J connectivity index is 1.88. The molecule has 3 amide bonds. The minimum absolute atomic E-state index is 0.0538. The molecule has 2 rings (SSSR count). The van der Waals surface area contributed by atoms with E-state index in [-0.39, 0.29) is 18.3 Å². The van der Waals surface area contributed by atoms with Gasteiger partial charge in [-0.2, -0.15) is 0 Å². The molecule has 0 heterocycles. The van der Waals surface area contributed by atoms with E-state index in [0.29, 0.717) is 16.2 Å². The smallest absolute Gasteiger partial charge is 0.276 e. The third kappa shape index (κ3) is 6.31. The van der Waals surface area contributed by atoms with Gasteiger partial charge in [0.25, 0.3) is 11.8 Å². The minimum atomic E-state index is -0.482. The second-order valence-corrected chi connectivity index (χ2v) is 7.15. The molecule has 0 spiro atoms. The number of thioether (sulfide) groups is 1. The summed E-state index contributed by atoms with van der Waals surface area (Å²) in [5.74, 6) is -0.180. The lowest BCUT2D eigenvalue weighted by atomic mass is 10.2. The first-order valence-electron chi connectivity index (χ1n) is 8.58. The SMILES string of the molecule is Cc1ccccc1OCC(=O)NNC(=O)c1ccccc1SCC(=O)N(C)C. The quantitative estimate of drug-likeness (QED) is 0.547. The molecule has 0 bridgehead atoms. The zero-order chi connectivity index (χ0) is 20.5. The molecule has 0 atom stereocenters. The normalized spacial score (nSPS) is 10.1. The van der Waals surface area contributed by atoms with Gasteiger partial charge in [0.05, 0.1) is 11.3 Å². The fourth-order valence-electron chi connectivity index (χ4n) is 2.14. The molecule has 2 aromatic rings. The van der Waals surface area contributed by atoms with Gasteiger partial charge in [0.15, 0.2) is 6.61 Å². The summed E-state index contributed by atoms with van der Waals surface area (Å²) in [4.78, 5) is 38.2. The molecule has 0 fully saturated rings. The number of rotatable bonds is 7. The summed E-state index contributed by atoms with van der Waals surface area (Å²) in [6.45, 7) is 1.66. The first-order chi connectivity index (χ1) is 13.4. The summed E-state index contributed by atoms with van der Waals surface area (Å²) >= 11 is 1.27. The molecule has 0 aliphatic rings. The topological polar surface area (TPSA) is 87.7 Å². The van der Waals surface area contributed by atoms with Crippen molar-refractivity contribution in [1.82, 2.24) is 15.8 Å². The van der Waals surface area contributed by atoms with Crippen molar-refractivity contribution in [3.63, 3.8) is 0 Å². The lowest BCUT2D eigenvalue weighted by Crippen LogP contribution is -2.44. The Kier molecular flexibility index (Phi) is 7.88. The minimum Gasteiger partial charge on any atom is -0.483 e. The Hall–Kier alpha value is -3.00. The van der Waals surface area contributed by atoms with E-state index in [1.165, 1.54) is 16.7 Å². The van der Waals surface area contributed by atoms with Crippen LogP contribution in [0.3, 0.4) is 0 Å². The van der Waals surface area contributed by atoms with Gasteiger partial charge < -0.3 is 9.64 Å². The van der Waals surface area contributed by atoms with E-state index in [9.17, 15) is 14.4 Å². The Bertz CT molecular complexity index is 855. The monoisotopic (exact) mass is 401 g/mol. The molecule has 8 heteroatoms. The van der Waals surface area contributed by atoms with Crippen LogP contribution in [-0.2, 0) is 9.59 Å². The number of aryl methyl sites for hydroxylation is 1. The molecule has 2 N–H and O–H groups in total. The first kappa shape index (κ1) is 21.3. The highest BCUT2D eigenvalue weighted by Gasteiger charge is 2.14. The van der Waals surface area contributed by atoms with Crippen molar-refractivity contribution < 1.29 is 19.1 Å². The molecule has 7 nitrogen and oxygen atoms in total. The average Bonchev–Trinajstić information content (AvgIpc) is 2.69. The van der Waals surface area contributed by atoms with Crippen LogP contribution in [0.15, 0.2) is 53.4 Å². The van der Waals surface area contributed by atoms with Crippen molar-refractivity contribution in [2.24, 2.45) is 0 Å². The zero-order valence-corrected chi connectivity index (χ0v) is 16.8. The van der Waals surface area contributed by atoms with Gasteiger partial charge >= 0.3 is 0 Å². The lowest BCUT2D eigenvalue weighted by Gasteiger charge is -2.13. The predicted molar refractivity (Wildman–Crippen MR) is 108 cm³/mol. The van der Waals surface area contributed by atoms with E-state index in [2.05, 4.69) is 10.9 Å². The van der Waals surface area contributed by atoms with E-state index in [1.54, 1.807) is 44.4 Å². The number of nitrogens with zero attached hydrogens (tertiary/aromatic N) is 1. The molecule has 0 radical (unpaired) electrons. The van der Waals surface area contributed by atoms with Gasteiger partial charge in [-0.05, 0) is 30.7 Å². The molecule has 0 saturated heterocycles. The van der Waals surface area contributed by atoms with E-state index in [4.69, 9.17) is 4.74 Å². The van der Waals surface area contributed by atoms with Crippen LogP contribution < -0.4 is 15.6 Å². The molecule has 28 heavy (non-hydrogen) atoms. The molecule has 2 aromatic carbocycles. The molecular weight excluding hydrogens is 378 g/mol. The third-order valence-electron chi connectivity index (χ3n) is 3.75. The largest absolute Gasteiger partial charge is 0.483 e.